The zero-order valence-corrected chi connectivity index (χ0v) is 16.0. The minimum absolute atomic E-state index is 0.182. The number of benzene rings is 2. The first-order valence-corrected chi connectivity index (χ1v) is 10.5. The summed E-state index contributed by atoms with van der Waals surface area (Å²) in [6.07, 6.45) is 1.85. The highest BCUT2D eigenvalue weighted by molar-refractivity contribution is 7.90. The Morgan fingerprint density at radius 1 is 1.04 bits per heavy atom. The number of amides is 1. The van der Waals surface area contributed by atoms with Gasteiger partial charge in [-0.15, -0.1) is 0 Å². The summed E-state index contributed by atoms with van der Waals surface area (Å²) >= 11 is 0. The van der Waals surface area contributed by atoms with E-state index in [4.69, 9.17) is 4.42 Å². The molecular formula is C21H21NO4S. The van der Waals surface area contributed by atoms with Gasteiger partial charge in [0.2, 0.25) is 5.91 Å². The number of furan rings is 1. The predicted molar refractivity (Wildman–Crippen MR) is 105 cm³/mol. The van der Waals surface area contributed by atoms with Crippen molar-refractivity contribution in [3.05, 3.63) is 72.0 Å². The number of sulfone groups is 1. The highest BCUT2D eigenvalue weighted by atomic mass is 32.2. The molecule has 1 amide bonds. The van der Waals surface area contributed by atoms with Crippen LogP contribution >= 0.6 is 0 Å². The molecule has 1 N–H and O–H groups in total. The van der Waals surface area contributed by atoms with Crippen LogP contribution in [0.15, 0.2) is 70.0 Å². The average molecular weight is 383 g/mol. The van der Waals surface area contributed by atoms with Crippen LogP contribution in [0, 0.1) is 6.92 Å². The maximum atomic E-state index is 12.3. The quantitative estimate of drug-likeness (QED) is 0.691. The van der Waals surface area contributed by atoms with Crippen molar-refractivity contribution >= 4 is 21.4 Å². The molecule has 0 fully saturated rings. The number of hydrogen-bond acceptors (Lipinski definition) is 4. The Balaban J connectivity index is 1.63. The molecular weight excluding hydrogens is 362 g/mol. The van der Waals surface area contributed by atoms with E-state index in [0.29, 0.717) is 12.1 Å². The van der Waals surface area contributed by atoms with Crippen molar-refractivity contribution in [2.24, 2.45) is 0 Å². The number of hydrogen-bond donors (Lipinski definition) is 1. The van der Waals surface area contributed by atoms with Crippen molar-refractivity contribution in [1.29, 1.82) is 0 Å². The summed E-state index contributed by atoms with van der Waals surface area (Å²) in [5, 5.41) is 2.79. The summed E-state index contributed by atoms with van der Waals surface area (Å²) in [5.41, 5.74) is 2.30. The lowest BCUT2D eigenvalue weighted by Crippen LogP contribution is -2.13. The first-order valence-electron chi connectivity index (χ1n) is 8.57. The molecule has 27 heavy (non-hydrogen) atoms. The Morgan fingerprint density at radius 3 is 2.48 bits per heavy atom. The standard InChI is InChI=1S/C21H21NO4S/c1-15-8-11-18(27(2,24)25)14-19(15)22-21(23)13-10-17-9-12-20(26-17)16-6-4-3-5-7-16/h3-9,11-12,14H,10,13H2,1-2H3,(H,22,23). The second-order valence-electron chi connectivity index (χ2n) is 6.43. The Labute approximate surface area is 159 Å². The van der Waals surface area contributed by atoms with Gasteiger partial charge in [0.05, 0.1) is 4.90 Å². The molecule has 0 unspecified atom stereocenters. The molecule has 0 bridgehead atoms. The molecule has 3 rings (SSSR count). The molecule has 6 heteroatoms. The molecule has 140 valence electrons. The minimum atomic E-state index is -3.32. The molecule has 2 aromatic carbocycles. The van der Waals surface area contributed by atoms with Gasteiger partial charge in [-0.25, -0.2) is 8.42 Å². The van der Waals surface area contributed by atoms with Crippen LogP contribution in [0.4, 0.5) is 5.69 Å². The normalized spacial score (nSPS) is 11.3. The largest absolute Gasteiger partial charge is 0.461 e. The molecule has 3 aromatic rings. The number of nitrogens with one attached hydrogen (secondary N) is 1. The summed E-state index contributed by atoms with van der Waals surface area (Å²) in [4.78, 5) is 12.5. The van der Waals surface area contributed by atoms with Gasteiger partial charge in [0.25, 0.3) is 0 Å². The predicted octanol–water partition coefficient (Wildman–Crippen LogP) is 4.23. The molecule has 0 spiro atoms. The monoisotopic (exact) mass is 383 g/mol. The van der Waals surface area contributed by atoms with Crippen LogP contribution in [0.1, 0.15) is 17.7 Å². The van der Waals surface area contributed by atoms with Gasteiger partial charge in [0.1, 0.15) is 11.5 Å². The highest BCUT2D eigenvalue weighted by Crippen LogP contribution is 2.23. The molecule has 0 aliphatic heterocycles. The van der Waals surface area contributed by atoms with E-state index in [-0.39, 0.29) is 17.2 Å². The number of carbonyl (C=O) groups excluding carboxylic acids is 1. The van der Waals surface area contributed by atoms with Crippen molar-refractivity contribution in [3.63, 3.8) is 0 Å². The fraction of sp³-hybridized carbons (Fsp3) is 0.190. The topological polar surface area (TPSA) is 76.4 Å². The molecule has 0 saturated heterocycles. The molecule has 1 aromatic heterocycles. The van der Waals surface area contributed by atoms with Gasteiger partial charge >= 0.3 is 0 Å². The Morgan fingerprint density at radius 2 is 1.78 bits per heavy atom. The van der Waals surface area contributed by atoms with Gasteiger partial charge in [-0.2, -0.15) is 0 Å². The third kappa shape index (κ3) is 4.86. The van der Waals surface area contributed by atoms with Crippen LogP contribution in [0.2, 0.25) is 0 Å². The number of aryl methyl sites for hydroxylation is 2. The van der Waals surface area contributed by atoms with E-state index in [0.717, 1.165) is 28.9 Å². The average Bonchev–Trinajstić information content (AvgIpc) is 3.11. The van der Waals surface area contributed by atoms with Crippen LogP contribution in [0.25, 0.3) is 11.3 Å². The van der Waals surface area contributed by atoms with E-state index in [1.54, 1.807) is 6.07 Å². The van der Waals surface area contributed by atoms with Gasteiger partial charge in [0, 0.05) is 30.3 Å². The van der Waals surface area contributed by atoms with E-state index in [9.17, 15) is 13.2 Å². The van der Waals surface area contributed by atoms with Crippen molar-refractivity contribution in [1.82, 2.24) is 0 Å². The maximum absolute atomic E-state index is 12.3. The summed E-state index contributed by atoms with van der Waals surface area (Å²) < 4.78 is 29.2. The Bertz CT molecular complexity index is 1050. The maximum Gasteiger partial charge on any atom is 0.224 e. The van der Waals surface area contributed by atoms with Crippen molar-refractivity contribution in [2.75, 3.05) is 11.6 Å². The first-order chi connectivity index (χ1) is 12.8. The van der Waals surface area contributed by atoms with E-state index in [2.05, 4.69) is 5.32 Å². The highest BCUT2D eigenvalue weighted by Gasteiger charge is 2.12. The Hall–Kier alpha value is -2.86. The van der Waals surface area contributed by atoms with Crippen molar-refractivity contribution in [2.45, 2.75) is 24.7 Å². The third-order valence-electron chi connectivity index (χ3n) is 4.23. The lowest BCUT2D eigenvalue weighted by molar-refractivity contribution is -0.116. The molecule has 0 radical (unpaired) electrons. The van der Waals surface area contributed by atoms with Gasteiger partial charge < -0.3 is 9.73 Å². The fourth-order valence-electron chi connectivity index (χ4n) is 2.69. The molecule has 5 nitrogen and oxygen atoms in total. The molecule has 1 heterocycles. The zero-order valence-electron chi connectivity index (χ0n) is 15.2. The zero-order chi connectivity index (χ0) is 19.4. The molecule has 0 atom stereocenters. The summed E-state index contributed by atoms with van der Waals surface area (Å²) in [5.74, 6) is 1.30. The second-order valence-corrected chi connectivity index (χ2v) is 8.44. The van der Waals surface area contributed by atoms with E-state index in [1.807, 2.05) is 49.4 Å². The summed E-state index contributed by atoms with van der Waals surface area (Å²) in [6.45, 7) is 1.82. The lowest BCUT2D eigenvalue weighted by atomic mass is 10.2. The smallest absolute Gasteiger partial charge is 0.224 e. The summed E-state index contributed by atoms with van der Waals surface area (Å²) in [7, 11) is -3.32. The fourth-order valence-corrected chi connectivity index (χ4v) is 3.33. The summed E-state index contributed by atoms with van der Waals surface area (Å²) in [6, 6.07) is 18.2. The molecule has 0 aliphatic rings. The lowest BCUT2D eigenvalue weighted by Gasteiger charge is -2.10. The van der Waals surface area contributed by atoms with E-state index < -0.39 is 9.84 Å². The second kappa shape index (κ2) is 7.80. The number of anilines is 1. The van der Waals surface area contributed by atoms with Gasteiger partial charge in [-0.3, -0.25) is 4.79 Å². The van der Waals surface area contributed by atoms with Gasteiger partial charge in [-0.05, 0) is 36.8 Å². The van der Waals surface area contributed by atoms with Gasteiger partial charge in [-0.1, -0.05) is 36.4 Å². The van der Waals surface area contributed by atoms with Crippen molar-refractivity contribution in [3.8, 4) is 11.3 Å². The molecule has 0 aliphatic carbocycles. The van der Waals surface area contributed by atoms with E-state index in [1.165, 1.54) is 12.1 Å². The number of carbonyl (C=O) groups is 1. The van der Waals surface area contributed by atoms with Crippen molar-refractivity contribution < 1.29 is 17.6 Å². The van der Waals surface area contributed by atoms with Crippen LogP contribution in [-0.4, -0.2) is 20.6 Å². The number of rotatable bonds is 6. The SMILES string of the molecule is Cc1ccc(S(C)(=O)=O)cc1NC(=O)CCc1ccc(-c2ccccc2)o1. The van der Waals surface area contributed by atoms with E-state index >= 15 is 0 Å². The molecule has 0 saturated carbocycles. The van der Waals surface area contributed by atoms with Crippen LogP contribution in [-0.2, 0) is 21.1 Å². The van der Waals surface area contributed by atoms with Gasteiger partial charge in [0.15, 0.2) is 9.84 Å². The van der Waals surface area contributed by atoms with Crippen LogP contribution < -0.4 is 5.32 Å². The first kappa shape index (κ1) is 18.9. The van der Waals surface area contributed by atoms with Crippen LogP contribution in [0.3, 0.4) is 0 Å². The third-order valence-corrected chi connectivity index (χ3v) is 5.34. The van der Waals surface area contributed by atoms with Crippen LogP contribution in [0.5, 0.6) is 0 Å². The Kier molecular flexibility index (Phi) is 5.46. The minimum Gasteiger partial charge on any atom is -0.461 e.